The summed E-state index contributed by atoms with van der Waals surface area (Å²) in [7, 11) is 0. The number of hydrogen-bond donors (Lipinski definition) is 1. The first-order valence-corrected chi connectivity index (χ1v) is 10.2. The summed E-state index contributed by atoms with van der Waals surface area (Å²) in [6, 6.07) is 15.9. The standard InChI is InChI=1S/C24H26N4O2/c1-16-14-17(2)28(26-16)22-7-4-19(5-8-22)10-12-25-24(30)21-6-9-23-20(15-21)11-13-27(23)18(3)29/h4-9,14-15H,10-13H2,1-3H3,(H,25,30). The van der Waals surface area contributed by atoms with E-state index in [4.69, 9.17) is 0 Å². The van der Waals surface area contributed by atoms with Gasteiger partial charge in [-0.1, -0.05) is 12.1 Å². The number of fused-ring (bicyclic) bond motifs is 1. The molecule has 0 unspecified atom stereocenters. The predicted molar refractivity (Wildman–Crippen MR) is 117 cm³/mol. The minimum absolute atomic E-state index is 0.0369. The highest BCUT2D eigenvalue weighted by atomic mass is 16.2. The van der Waals surface area contributed by atoms with Crippen LogP contribution < -0.4 is 10.2 Å². The summed E-state index contributed by atoms with van der Waals surface area (Å²) in [5.74, 6) is -0.0480. The van der Waals surface area contributed by atoms with Crippen molar-refractivity contribution in [2.24, 2.45) is 0 Å². The second-order valence-electron chi connectivity index (χ2n) is 7.78. The molecule has 0 bridgehead atoms. The molecule has 154 valence electrons. The van der Waals surface area contributed by atoms with E-state index in [2.05, 4.69) is 40.7 Å². The Morgan fingerprint density at radius 2 is 1.83 bits per heavy atom. The summed E-state index contributed by atoms with van der Waals surface area (Å²) in [6.07, 6.45) is 1.55. The van der Waals surface area contributed by atoms with Crippen molar-refractivity contribution >= 4 is 17.5 Å². The van der Waals surface area contributed by atoms with Gasteiger partial charge < -0.3 is 10.2 Å². The van der Waals surface area contributed by atoms with Crippen LogP contribution in [-0.2, 0) is 17.6 Å². The summed E-state index contributed by atoms with van der Waals surface area (Å²) in [6.45, 7) is 6.85. The molecule has 3 aromatic rings. The SMILES string of the molecule is CC(=O)N1CCc2cc(C(=O)NCCc3ccc(-n4nc(C)cc4C)cc3)ccc21. The van der Waals surface area contributed by atoms with Crippen LogP contribution in [0.5, 0.6) is 0 Å². The molecule has 0 radical (unpaired) electrons. The fourth-order valence-electron chi connectivity index (χ4n) is 3.99. The van der Waals surface area contributed by atoms with E-state index < -0.39 is 0 Å². The topological polar surface area (TPSA) is 67.2 Å². The minimum Gasteiger partial charge on any atom is -0.352 e. The second kappa shape index (κ2) is 8.14. The normalized spacial score (nSPS) is 12.7. The van der Waals surface area contributed by atoms with E-state index in [9.17, 15) is 9.59 Å². The number of anilines is 1. The number of aryl methyl sites for hydroxylation is 2. The summed E-state index contributed by atoms with van der Waals surface area (Å²) >= 11 is 0. The fourth-order valence-corrected chi connectivity index (χ4v) is 3.99. The van der Waals surface area contributed by atoms with Crippen LogP contribution in [0.2, 0.25) is 0 Å². The molecule has 1 aliphatic heterocycles. The van der Waals surface area contributed by atoms with E-state index >= 15 is 0 Å². The van der Waals surface area contributed by atoms with E-state index in [1.165, 1.54) is 0 Å². The Labute approximate surface area is 176 Å². The zero-order valence-corrected chi connectivity index (χ0v) is 17.6. The average Bonchev–Trinajstić information content (AvgIpc) is 3.30. The molecular formula is C24H26N4O2. The van der Waals surface area contributed by atoms with Gasteiger partial charge in [-0.2, -0.15) is 5.10 Å². The highest BCUT2D eigenvalue weighted by molar-refractivity contribution is 5.97. The van der Waals surface area contributed by atoms with Crippen molar-refractivity contribution in [2.45, 2.75) is 33.6 Å². The van der Waals surface area contributed by atoms with Gasteiger partial charge in [-0.25, -0.2) is 4.68 Å². The Hall–Kier alpha value is -3.41. The number of amides is 2. The van der Waals surface area contributed by atoms with Crippen LogP contribution in [0.25, 0.3) is 5.69 Å². The lowest BCUT2D eigenvalue weighted by molar-refractivity contribution is -0.116. The molecule has 30 heavy (non-hydrogen) atoms. The van der Waals surface area contributed by atoms with Crippen LogP contribution >= 0.6 is 0 Å². The van der Waals surface area contributed by atoms with Crippen LogP contribution in [0.1, 0.15) is 39.8 Å². The first kappa shape index (κ1) is 19.9. The predicted octanol–water partition coefficient (Wildman–Crippen LogP) is 3.37. The van der Waals surface area contributed by atoms with Gasteiger partial charge in [0.15, 0.2) is 0 Å². The number of aromatic nitrogens is 2. The van der Waals surface area contributed by atoms with Crippen molar-refractivity contribution < 1.29 is 9.59 Å². The largest absolute Gasteiger partial charge is 0.352 e. The third-order valence-electron chi connectivity index (χ3n) is 5.51. The molecule has 1 aromatic heterocycles. The van der Waals surface area contributed by atoms with E-state index in [0.717, 1.165) is 46.7 Å². The van der Waals surface area contributed by atoms with Gasteiger partial charge in [0, 0.05) is 37.0 Å². The Kier molecular flexibility index (Phi) is 5.40. The molecule has 4 rings (SSSR count). The van der Waals surface area contributed by atoms with Crippen molar-refractivity contribution in [3.63, 3.8) is 0 Å². The molecule has 6 heteroatoms. The minimum atomic E-state index is -0.0849. The van der Waals surface area contributed by atoms with Crippen molar-refractivity contribution in [3.8, 4) is 5.69 Å². The molecular weight excluding hydrogens is 376 g/mol. The first-order chi connectivity index (χ1) is 14.4. The molecule has 0 spiro atoms. The summed E-state index contributed by atoms with van der Waals surface area (Å²) in [4.78, 5) is 25.9. The second-order valence-corrected chi connectivity index (χ2v) is 7.78. The van der Waals surface area contributed by atoms with Gasteiger partial charge in [-0.05, 0) is 74.2 Å². The smallest absolute Gasteiger partial charge is 0.251 e. The quantitative estimate of drug-likeness (QED) is 0.712. The lowest BCUT2D eigenvalue weighted by atomic mass is 10.1. The maximum atomic E-state index is 12.5. The monoisotopic (exact) mass is 402 g/mol. The van der Waals surface area contributed by atoms with Gasteiger partial charge in [0.25, 0.3) is 5.91 Å². The molecule has 0 fully saturated rings. The number of nitrogens with zero attached hydrogens (tertiary/aromatic N) is 3. The van der Waals surface area contributed by atoms with Crippen LogP contribution in [0, 0.1) is 13.8 Å². The van der Waals surface area contributed by atoms with E-state index in [1.54, 1.807) is 17.9 Å². The highest BCUT2D eigenvalue weighted by Crippen LogP contribution is 2.28. The number of hydrogen-bond acceptors (Lipinski definition) is 3. The molecule has 2 heterocycles. The van der Waals surface area contributed by atoms with Gasteiger partial charge in [-0.3, -0.25) is 9.59 Å². The third-order valence-corrected chi connectivity index (χ3v) is 5.51. The molecule has 0 saturated heterocycles. The summed E-state index contributed by atoms with van der Waals surface area (Å²) < 4.78 is 1.93. The Bertz CT molecular complexity index is 1100. The molecule has 1 aliphatic rings. The maximum absolute atomic E-state index is 12.5. The fraction of sp³-hybridized carbons (Fsp3) is 0.292. The molecule has 2 aromatic carbocycles. The van der Waals surface area contributed by atoms with E-state index in [-0.39, 0.29) is 11.8 Å². The number of rotatable bonds is 5. The zero-order valence-electron chi connectivity index (χ0n) is 17.6. The number of carbonyl (C=O) groups is 2. The average molecular weight is 402 g/mol. The highest BCUT2D eigenvalue weighted by Gasteiger charge is 2.23. The number of carbonyl (C=O) groups excluding carboxylic acids is 2. The van der Waals surface area contributed by atoms with Crippen LogP contribution in [0.15, 0.2) is 48.5 Å². The first-order valence-electron chi connectivity index (χ1n) is 10.2. The lowest BCUT2D eigenvalue weighted by Crippen LogP contribution is -2.26. The van der Waals surface area contributed by atoms with Crippen LogP contribution in [0.4, 0.5) is 5.69 Å². The van der Waals surface area contributed by atoms with Crippen LogP contribution in [-0.4, -0.2) is 34.7 Å². The van der Waals surface area contributed by atoms with Crippen molar-refractivity contribution in [1.29, 1.82) is 0 Å². The van der Waals surface area contributed by atoms with Crippen molar-refractivity contribution in [1.82, 2.24) is 15.1 Å². The molecule has 0 aliphatic carbocycles. The van der Waals surface area contributed by atoms with Crippen molar-refractivity contribution in [3.05, 3.63) is 76.6 Å². The van der Waals surface area contributed by atoms with E-state index in [1.807, 2.05) is 30.7 Å². The van der Waals surface area contributed by atoms with Gasteiger partial charge in [0.2, 0.25) is 5.91 Å². The van der Waals surface area contributed by atoms with Crippen molar-refractivity contribution in [2.75, 3.05) is 18.0 Å². The zero-order chi connectivity index (χ0) is 21.3. The van der Waals surface area contributed by atoms with Gasteiger partial charge in [0.1, 0.15) is 0 Å². The third kappa shape index (κ3) is 3.99. The summed E-state index contributed by atoms with van der Waals surface area (Å²) in [5, 5.41) is 7.50. The molecule has 1 N–H and O–H groups in total. The molecule has 0 atom stereocenters. The Morgan fingerprint density at radius 1 is 1.07 bits per heavy atom. The molecule has 0 saturated carbocycles. The number of nitrogens with one attached hydrogen (secondary N) is 1. The van der Waals surface area contributed by atoms with Gasteiger partial charge >= 0.3 is 0 Å². The van der Waals surface area contributed by atoms with E-state index in [0.29, 0.717) is 18.7 Å². The van der Waals surface area contributed by atoms with Crippen LogP contribution in [0.3, 0.4) is 0 Å². The van der Waals surface area contributed by atoms with Gasteiger partial charge in [0.05, 0.1) is 11.4 Å². The number of benzene rings is 2. The van der Waals surface area contributed by atoms with Gasteiger partial charge in [-0.15, -0.1) is 0 Å². The summed E-state index contributed by atoms with van der Waals surface area (Å²) in [5.41, 5.74) is 6.91. The molecule has 6 nitrogen and oxygen atoms in total. The Morgan fingerprint density at radius 3 is 2.50 bits per heavy atom. The maximum Gasteiger partial charge on any atom is 0.251 e. The molecule has 2 amide bonds. The lowest BCUT2D eigenvalue weighted by Gasteiger charge is -2.14. The Balaban J connectivity index is 1.34.